The van der Waals surface area contributed by atoms with Gasteiger partial charge in [-0.3, -0.25) is 0 Å². The van der Waals surface area contributed by atoms with E-state index in [0.29, 0.717) is 0 Å². The molecule has 0 radical (unpaired) electrons. The van der Waals surface area contributed by atoms with Gasteiger partial charge in [0.05, 0.1) is 12.3 Å². The highest BCUT2D eigenvalue weighted by atomic mass is 16.3. The Morgan fingerprint density at radius 2 is 2.21 bits per heavy atom. The Morgan fingerprint density at radius 1 is 1.43 bits per heavy atom. The number of fused-ring (bicyclic) bond motifs is 1. The third kappa shape index (κ3) is 1.26. The Balaban J connectivity index is 2.59. The van der Waals surface area contributed by atoms with E-state index in [1.54, 1.807) is 13.3 Å². The van der Waals surface area contributed by atoms with Crippen molar-refractivity contribution in [2.24, 2.45) is 0 Å². The second-order valence-corrected chi connectivity index (χ2v) is 3.04. The number of para-hydroxylation sites is 1. The summed E-state index contributed by atoms with van der Waals surface area (Å²) >= 11 is 0. The van der Waals surface area contributed by atoms with Gasteiger partial charge in [0, 0.05) is 10.9 Å². The summed E-state index contributed by atoms with van der Waals surface area (Å²) in [7, 11) is 1.76. The molecule has 1 N–H and O–H groups in total. The number of benzene rings is 1. The fourth-order valence-electron chi connectivity index (χ4n) is 1.51. The van der Waals surface area contributed by atoms with Crippen molar-refractivity contribution < 1.29 is 4.42 Å². The molecule has 0 aliphatic heterocycles. The summed E-state index contributed by atoms with van der Waals surface area (Å²) in [5.74, 6) is 0. The van der Waals surface area contributed by atoms with E-state index in [4.69, 9.17) is 9.68 Å². The first-order chi connectivity index (χ1) is 6.86. The second kappa shape index (κ2) is 3.52. The molecule has 2 aromatic rings. The Morgan fingerprint density at radius 3 is 2.93 bits per heavy atom. The van der Waals surface area contributed by atoms with Crippen LogP contribution in [0.2, 0.25) is 0 Å². The Hall–Kier alpha value is -1.79. The van der Waals surface area contributed by atoms with Crippen LogP contribution in [0.25, 0.3) is 11.0 Å². The zero-order valence-corrected chi connectivity index (χ0v) is 7.82. The second-order valence-electron chi connectivity index (χ2n) is 3.04. The number of rotatable bonds is 2. The molecule has 0 bridgehead atoms. The molecule has 1 unspecified atom stereocenters. The molecule has 0 spiro atoms. The Bertz CT molecular complexity index is 481. The van der Waals surface area contributed by atoms with Crippen LogP contribution in [-0.2, 0) is 0 Å². The summed E-state index contributed by atoms with van der Waals surface area (Å²) in [6.45, 7) is 0. The topological polar surface area (TPSA) is 49.0 Å². The highest BCUT2D eigenvalue weighted by Crippen LogP contribution is 2.25. The summed E-state index contributed by atoms with van der Waals surface area (Å²) < 4.78 is 5.34. The van der Waals surface area contributed by atoms with E-state index < -0.39 is 0 Å². The summed E-state index contributed by atoms with van der Waals surface area (Å²) in [6, 6.07) is 9.56. The van der Waals surface area contributed by atoms with Crippen molar-refractivity contribution >= 4 is 11.0 Å². The fourth-order valence-corrected chi connectivity index (χ4v) is 1.51. The van der Waals surface area contributed by atoms with E-state index >= 15 is 0 Å². The number of hydrogen-bond donors (Lipinski definition) is 1. The molecular weight excluding hydrogens is 176 g/mol. The molecule has 70 valence electrons. The highest BCUT2D eigenvalue weighted by molar-refractivity contribution is 5.81. The lowest BCUT2D eigenvalue weighted by Gasteiger charge is -2.03. The van der Waals surface area contributed by atoms with Gasteiger partial charge in [-0.25, -0.2) is 0 Å². The van der Waals surface area contributed by atoms with E-state index in [1.807, 2.05) is 24.3 Å². The van der Waals surface area contributed by atoms with Gasteiger partial charge in [0.25, 0.3) is 0 Å². The van der Waals surface area contributed by atoms with E-state index in [-0.39, 0.29) is 6.04 Å². The molecule has 1 aromatic heterocycles. The van der Waals surface area contributed by atoms with Gasteiger partial charge in [-0.05, 0) is 13.1 Å². The lowest BCUT2D eigenvalue weighted by molar-refractivity contribution is 0.601. The first-order valence-electron chi connectivity index (χ1n) is 4.40. The van der Waals surface area contributed by atoms with Gasteiger partial charge in [-0.1, -0.05) is 18.2 Å². The average Bonchev–Trinajstić information content (AvgIpc) is 2.65. The van der Waals surface area contributed by atoms with E-state index in [9.17, 15) is 0 Å². The van der Waals surface area contributed by atoms with Crippen molar-refractivity contribution in [1.29, 1.82) is 5.26 Å². The predicted molar refractivity (Wildman–Crippen MR) is 53.6 cm³/mol. The van der Waals surface area contributed by atoms with Gasteiger partial charge in [-0.2, -0.15) is 5.26 Å². The van der Waals surface area contributed by atoms with Gasteiger partial charge in [-0.15, -0.1) is 0 Å². The van der Waals surface area contributed by atoms with E-state index in [2.05, 4.69) is 11.4 Å². The minimum Gasteiger partial charge on any atom is -0.464 e. The SMILES string of the molecule is CNC(C#N)c1coc2ccccc12. The average molecular weight is 186 g/mol. The summed E-state index contributed by atoms with van der Waals surface area (Å²) in [6.07, 6.45) is 1.63. The van der Waals surface area contributed by atoms with Crippen LogP contribution in [0.1, 0.15) is 11.6 Å². The molecule has 2 rings (SSSR count). The minimum atomic E-state index is -0.307. The van der Waals surface area contributed by atoms with Crippen molar-refractivity contribution in [2.45, 2.75) is 6.04 Å². The van der Waals surface area contributed by atoms with E-state index in [1.165, 1.54) is 0 Å². The molecule has 0 fully saturated rings. The van der Waals surface area contributed by atoms with Gasteiger partial charge >= 0.3 is 0 Å². The van der Waals surface area contributed by atoms with Crippen molar-refractivity contribution in [1.82, 2.24) is 5.32 Å². The van der Waals surface area contributed by atoms with Crippen molar-refractivity contribution in [3.63, 3.8) is 0 Å². The number of nitrogens with zero attached hydrogens (tertiary/aromatic N) is 1. The number of nitriles is 1. The lowest BCUT2D eigenvalue weighted by Crippen LogP contribution is -2.13. The van der Waals surface area contributed by atoms with Crippen LogP contribution in [-0.4, -0.2) is 7.05 Å². The van der Waals surface area contributed by atoms with Crippen molar-refractivity contribution in [2.75, 3.05) is 7.05 Å². The molecule has 3 nitrogen and oxygen atoms in total. The van der Waals surface area contributed by atoms with Crippen LogP contribution >= 0.6 is 0 Å². The van der Waals surface area contributed by atoms with Crippen molar-refractivity contribution in [3.8, 4) is 6.07 Å². The van der Waals surface area contributed by atoms with E-state index in [0.717, 1.165) is 16.5 Å². The third-order valence-electron chi connectivity index (χ3n) is 2.24. The summed E-state index contributed by atoms with van der Waals surface area (Å²) in [4.78, 5) is 0. The quantitative estimate of drug-likeness (QED) is 0.782. The Labute approximate surface area is 81.9 Å². The van der Waals surface area contributed by atoms with Crippen LogP contribution in [0.15, 0.2) is 34.9 Å². The van der Waals surface area contributed by atoms with Gasteiger partial charge in [0.2, 0.25) is 0 Å². The number of furan rings is 1. The van der Waals surface area contributed by atoms with Crippen LogP contribution < -0.4 is 5.32 Å². The molecule has 1 aromatic carbocycles. The zero-order valence-electron chi connectivity index (χ0n) is 7.82. The van der Waals surface area contributed by atoms with Gasteiger partial charge in [0.15, 0.2) is 0 Å². The smallest absolute Gasteiger partial charge is 0.134 e. The third-order valence-corrected chi connectivity index (χ3v) is 2.24. The number of nitrogens with one attached hydrogen (secondary N) is 1. The van der Waals surface area contributed by atoms with Crippen molar-refractivity contribution in [3.05, 3.63) is 36.1 Å². The zero-order chi connectivity index (χ0) is 9.97. The molecule has 0 aliphatic rings. The first kappa shape index (κ1) is 8.79. The molecular formula is C11H10N2O. The summed E-state index contributed by atoms with van der Waals surface area (Å²) in [5, 5.41) is 12.8. The lowest BCUT2D eigenvalue weighted by atomic mass is 10.1. The summed E-state index contributed by atoms with van der Waals surface area (Å²) in [5.41, 5.74) is 1.71. The predicted octanol–water partition coefficient (Wildman–Crippen LogP) is 2.22. The molecule has 1 atom stereocenters. The number of hydrogen-bond acceptors (Lipinski definition) is 3. The maximum atomic E-state index is 8.90. The van der Waals surface area contributed by atoms with Crippen LogP contribution in [0.3, 0.4) is 0 Å². The largest absolute Gasteiger partial charge is 0.464 e. The van der Waals surface area contributed by atoms with Gasteiger partial charge < -0.3 is 9.73 Å². The van der Waals surface area contributed by atoms with Gasteiger partial charge in [0.1, 0.15) is 11.6 Å². The molecule has 0 saturated heterocycles. The van der Waals surface area contributed by atoms with Crippen LogP contribution in [0.4, 0.5) is 0 Å². The monoisotopic (exact) mass is 186 g/mol. The normalized spacial score (nSPS) is 12.6. The van der Waals surface area contributed by atoms with Crippen LogP contribution in [0, 0.1) is 11.3 Å². The van der Waals surface area contributed by atoms with Crippen LogP contribution in [0.5, 0.6) is 0 Å². The molecule has 3 heteroatoms. The maximum absolute atomic E-state index is 8.90. The standard InChI is InChI=1S/C11H10N2O/c1-13-10(6-12)9-7-14-11-5-3-2-4-8(9)11/h2-5,7,10,13H,1H3. The molecule has 14 heavy (non-hydrogen) atoms. The molecule has 0 saturated carbocycles. The minimum absolute atomic E-state index is 0.307. The molecule has 0 amide bonds. The maximum Gasteiger partial charge on any atom is 0.134 e. The molecule has 0 aliphatic carbocycles. The highest BCUT2D eigenvalue weighted by Gasteiger charge is 2.13. The fraction of sp³-hybridized carbons (Fsp3) is 0.182. The molecule has 1 heterocycles. The Kier molecular flexibility index (Phi) is 2.21. The first-order valence-corrected chi connectivity index (χ1v) is 4.40.